The van der Waals surface area contributed by atoms with Gasteiger partial charge in [0.25, 0.3) is 5.91 Å². The molecule has 0 aliphatic heterocycles. The molecule has 5 nitrogen and oxygen atoms in total. The summed E-state index contributed by atoms with van der Waals surface area (Å²) in [6.45, 7) is 4.09. The quantitative estimate of drug-likeness (QED) is 0.805. The zero-order valence-electron chi connectivity index (χ0n) is 10.7. The van der Waals surface area contributed by atoms with Crippen LogP contribution in [-0.4, -0.2) is 25.0 Å². The average Bonchev–Trinajstić information content (AvgIpc) is 2.35. The molecule has 0 aliphatic rings. The number of anilines is 1. The summed E-state index contributed by atoms with van der Waals surface area (Å²) in [4.78, 5) is 22.1. The van der Waals surface area contributed by atoms with Crippen LogP contribution in [0.25, 0.3) is 0 Å². The molecule has 0 radical (unpaired) electrons. The second-order valence-electron chi connectivity index (χ2n) is 3.84. The van der Waals surface area contributed by atoms with Crippen LogP contribution in [0.1, 0.15) is 20.3 Å². The Morgan fingerprint density at radius 3 is 2.44 bits per heavy atom. The summed E-state index contributed by atoms with van der Waals surface area (Å²) < 4.78 is 5.30. The smallest absolute Gasteiger partial charge is 0.257 e. The molecule has 0 fully saturated rings. The predicted molar refractivity (Wildman–Crippen MR) is 69.5 cm³/mol. The van der Waals surface area contributed by atoms with Gasteiger partial charge in [0.1, 0.15) is 5.75 Å². The summed E-state index contributed by atoms with van der Waals surface area (Å²) in [5.74, 6) is 0.334. The first kappa shape index (κ1) is 14.0. The third kappa shape index (κ3) is 5.34. The number of rotatable bonds is 6. The summed E-state index contributed by atoms with van der Waals surface area (Å²) in [5.41, 5.74) is 0.699. The van der Waals surface area contributed by atoms with Crippen LogP contribution < -0.4 is 15.4 Å². The average molecular weight is 250 g/mol. The summed E-state index contributed by atoms with van der Waals surface area (Å²) in [6.07, 6.45) is 0.900. The van der Waals surface area contributed by atoms with E-state index in [0.717, 1.165) is 6.42 Å². The number of amides is 2. The predicted octanol–water partition coefficient (Wildman–Crippen LogP) is 1.55. The normalized spacial score (nSPS) is 9.67. The van der Waals surface area contributed by atoms with E-state index < -0.39 is 0 Å². The van der Waals surface area contributed by atoms with Gasteiger partial charge in [-0.3, -0.25) is 9.59 Å². The lowest BCUT2D eigenvalue weighted by atomic mass is 10.3. The van der Waals surface area contributed by atoms with Gasteiger partial charge in [0.15, 0.2) is 6.61 Å². The minimum atomic E-state index is -0.136. The van der Waals surface area contributed by atoms with Gasteiger partial charge in [0, 0.05) is 19.2 Å². The van der Waals surface area contributed by atoms with Crippen LogP contribution in [0.15, 0.2) is 24.3 Å². The van der Waals surface area contributed by atoms with Gasteiger partial charge in [-0.2, -0.15) is 0 Å². The Kier molecular flexibility index (Phi) is 5.70. The van der Waals surface area contributed by atoms with Crippen molar-refractivity contribution in [3.05, 3.63) is 24.3 Å². The lowest BCUT2D eigenvalue weighted by molar-refractivity contribution is -0.123. The number of nitrogens with one attached hydrogen (secondary N) is 2. The molecule has 1 aromatic carbocycles. The molecule has 0 heterocycles. The van der Waals surface area contributed by atoms with Crippen LogP contribution in [0.4, 0.5) is 5.69 Å². The molecule has 2 amide bonds. The first-order valence-corrected chi connectivity index (χ1v) is 5.89. The minimum Gasteiger partial charge on any atom is -0.484 e. The molecule has 0 bridgehead atoms. The van der Waals surface area contributed by atoms with Crippen molar-refractivity contribution in [2.45, 2.75) is 20.3 Å². The Morgan fingerprint density at radius 2 is 1.89 bits per heavy atom. The zero-order valence-corrected chi connectivity index (χ0v) is 10.7. The number of hydrogen-bond donors (Lipinski definition) is 2. The van der Waals surface area contributed by atoms with Gasteiger partial charge in [-0.05, 0) is 30.7 Å². The first-order valence-electron chi connectivity index (χ1n) is 5.89. The van der Waals surface area contributed by atoms with Gasteiger partial charge in [0.2, 0.25) is 5.91 Å². The highest BCUT2D eigenvalue weighted by Crippen LogP contribution is 2.15. The molecular weight excluding hydrogens is 232 g/mol. The molecule has 0 spiro atoms. The number of carbonyl (C=O) groups excluding carboxylic acids is 2. The summed E-state index contributed by atoms with van der Waals surface area (Å²) in [6, 6.07) is 6.86. The lowest BCUT2D eigenvalue weighted by Crippen LogP contribution is -2.29. The van der Waals surface area contributed by atoms with E-state index in [1.54, 1.807) is 24.3 Å². The van der Waals surface area contributed by atoms with Crippen LogP contribution in [0.3, 0.4) is 0 Å². The fourth-order valence-electron chi connectivity index (χ4n) is 1.30. The van der Waals surface area contributed by atoms with E-state index in [4.69, 9.17) is 4.74 Å². The fraction of sp³-hybridized carbons (Fsp3) is 0.385. The molecule has 0 aromatic heterocycles. The molecule has 98 valence electrons. The molecule has 2 N–H and O–H groups in total. The Balaban J connectivity index is 2.39. The molecule has 0 saturated carbocycles. The number of hydrogen-bond acceptors (Lipinski definition) is 3. The maximum atomic E-state index is 11.3. The monoisotopic (exact) mass is 250 g/mol. The molecule has 18 heavy (non-hydrogen) atoms. The lowest BCUT2D eigenvalue weighted by Gasteiger charge is -2.07. The third-order valence-corrected chi connectivity index (χ3v) is 2.12. The van der Waals surface area contributed by atoms with E-state index in [2.05, 4.69) is 10.6 Å². The van der Waals surface area contributed by atoms with Gasteiger partial charge < -0.3 is 15.4 Å². The van der Waals surface area contributed by atoms with Crippen LogP contribution >= 0.6 is 0 Å². The van der Waals surface area contributed by atoms with Crippen molar-refractivity contribution < 1.29 is 14.3 Å². The maximum absolute atomic E-state index is 11.3. The van der Waals surface area contributed by atoms with Gasteiger partial charge in [0.05, 0.1) is 0 Å². The molecule has 5 heteroatoms. The molecule has 1 rings (SSSR count). The largest absolute Gasteiger partial charge is 0.484 e. The highest BCUT2D eigenvalue weighted by Gasteiger charge is 2.02. The second-order valence-corrected chi connectivity index (χ2v) is 3.84. The standard InChI is InChI=1S/C13H18N2O3/c1-3-8-14-13(17)9-18-12-6-4-11(5-7-12)15-10(2)16/h4-7H,3,8-9H2,1-2H3,(H,14,17)(H,15,16). The van der Waals surface area contributed by atoms with Crippen LogP contribution in [0.2, 0.25) is 0 Å². The number of ether oxygens (including phenoxy) is 1. The maximum Gasteiger partial charge on any atom is 0.257 e. The van der Waals surface area contributed by atoms with Crippen molar-refractivity contribution >= 4 is 17.5 Å². The summed E-state index contributed by atoms with van der Waals surface area (Å²) >= 11 is 0. The SMILES string of the molecule is CCCNC(=O)COc1ccc(NC(C)=O)cc1. The van der Waals surface area contributed by atoms with Crippen molar-refractivity contribution in [1.82, 2.24) is 5.32 Å². The van der Waals surface area contributed by atoms with Gasteiger partial charge >= 0.3 is 0 Å². The van der Waals surface area contributed by atoms with E-state index in [1.807, 2.05) is 6.92 Å². The van der Waals surface area contributed by atoms with Crippen molar-refractivity contribution in [1.29, 1.82) is 0 Å². The van der Waals surface area contributed by atoms with Gasteiger partial charge in [-0.25, -0.2) is 0 Å². The summed E-state index contributed by atoms with van der Waals surface area (Å²) in [7, 11) is 0. The van der Waals surface area contributed by atoms with Crippen LogP contribution in [-0.2, 0) is 9.59 Å². The molecule has 0 atom stereocenters. The first-order chi connectivity index (χ1) is 8.61. The van der Waals surface area contributed by atoms with E-state index in [1.165, 1.54) is 6.92 Å². The topological polar surface area (TPSA) is 67.4 Å². The summed E-state index contributed by atoms with van der Waals surface area (Å²) in [5, 5.41) is 5.37. The minimum absolute atomic E-state index is 0.000512. The molecular formula is C13H18N2O3. The Morgan fingerprint density at radius 1 is 1.22 bits per heavy atom. The van der Waals surface area contributed by atoms with Crippen LogP contribution in [0, 0.1) is 0 Å². The van der Waals surface area contributed by atoms with E-state index in [9.17, 15) is 9.59 Å². The van der Waals surface area contributed by atoms with Crippen molar-refractivity contribution in [2.75, 3.05) is 18.5 Å². The third-order valence-electron chi connectivity index (χ3n) is 2.12. The highest BCUT2D eigenvalue weighted by atomic mass is 16.5. The van der Waals surface area contributed by atoms with E-state index in [0.29, 0.717) is 18.0 Å². The molecule has 0 unspecified atom stereocenters. The molecule has 0 aliphatic carbocycles. The zero-order chi connectivity index (χ0) is 13.4. The number of carbonyl (C=O) groups is 2. The van der Waals surface area contributed by atoms with Crippen molar-refractivity contribution in [3.8, 4) is 5.75 Å². The van der Waals surface area contributed by atoms with E-state index in [-0.39, 0.29) is 18.4 Å². The molecule has 1 aromatic rings. The number of benzene rings is 1. The van der Waals surface area contributed by atoms with Crippen molar-refractivity contribution in [2.24, 2.45) is 0 Å². The Labute approximate surface area is 107 Å². The Bertz CT molecular complexity index is 401. The van der Waals surface area contributed by atoms with Crippen LogP contribution in [0.5, 0.6) is 5.75 Å². The van der Waals surface area contributed by atoms with Gasteiger partial charge in [-0.15, -0.1) is 0 Å². The second kappa shape index (κ2) is 7.32. The highest BCUT2D eigenvalue weighted by molar-refractivity contribution is 5.88. The van der Waals surface area contributed by atoms with E-state index >= 15 is 0 Å². The fourth-order valence-corrected chi connectivity index (χ4v) is 1.30. The Hall–Kier alpha value is -2.04. The van der Waals surface area contributed by atoms with Crippen molar-refractivity contribution in [3.63, 3.8) is 0 Å². The van der Waals surface area contributed by atoms with Gasteiger partial charge in [-0.1, -0.05) is 6.92 Å². The molecule has 0 saturated heterocycles.